The fourth-order valence-electron chi connectivity index (χ4n) is 10.5. The Kier molecular flexibility index (Phi) is 8.69. The quantitative estimate of drug-likeness (QED) is 0.130. The summed E-state index contributed by atoms with van der Waals surface area (Å²) in [6.45, 7) is 11.6. The minimum absolute atomic E-state index is 0.0801. The van der Waals surface area contributed by atoms with Gasteiger partial charge in [-0.05, 0) is 78.6 Å². The lowest BCUT2D eigenvalue weighted by Crippen LogP contribution is -2.72. The van der Waals surface area contributed by atoms with Crippen molar-refractivity contribution < 1.29 is 29.7 Å². The molecule has 1 aromatic rings. The van der Waals surface area contributed by atoms with Gasteiger partial charge in [0.15, 0.2) is 0 Å². The van der Waals surface area contributed by atoms with Gasteiger partial charge in [-0.15, -0.1) is 0 Å². The van der Waals surface area contributed by atoms with Crippen molar-refractivity contribution in [1.82, 2.24) is 5.32 Å². The number of rotatable bonds is 9. The van der Waals surface area contributed by atoms with E-state index in [0.717, 1.165) is 30.8 Å². The maximum Gasteiger partial charge on any atom is 0.635 e. The fourth-order valence-corrected chi connectivity index (χ4v) is 10.5. The molecule has 4 aliphatic rings. The third-order valence-electron chi connectivity index (χ3n) is 12.5. The fraction of sp³-hybridized carbons (Fsp3) is 0.735. The van der Waals surface area contributed by atoms with E-state index < -0.39 is 30.2 Å². The zero-order chi connectivity index (χ0) is 30.5. The van der Waals surface area contributed by atoms with E-state index in [1.54, 1.807) is 0 Å². The van der Waals surface area contributed by atoms with E-state index in [4.69, 9.17) is 4.65 Å². The first-order chi connectivity index (χ1) is 19.8. The maximum atomic E-state index is 12.4. The van der Waals surface area contributed by atoms with Crippen molar-refractivity contribution in [2.24, 2.45) is 46.3 Å². The summed E-state index contributed by atoms with van der Waals surface area (Å²) in [5.74, 6) is 3.02. The number of nitrogens with one attached hydrogen (secondary N) is 1. The summed E-state index contributed by atoms with van der Waals surface area (Å²) in [4.78, 5) is 12.4. The molecule has 0 aliphatic heterocycles. The van der Waals surface area contributed by atoms with E-state index in [0.29, 0.717) is 35.7 Å². The van der Waals surface area contributed by atoms with Gasteiger partial charge >= 0.3 is 13.4 Å². The summed E-state index contributed by atoms with van der Waals surface area (Å²) >= 11 is 0. The van der Waals surface area contributed by atoms with Crippen LogP contribution in [0, 0.1) is 46.3 Å². The molecule has 9 atom stereocenters. The highest BCUT2D eigenvalue weighted by Crippen LogP contribution is 2.70. The Bertz CT molecular complexity index is 1160. The molecule has 0 radical (unpaired) electrons. The molecule has 7 nitrogen and oxygen atoms in total. The van der Waals surface area contributed by atoms with Crippen LogP contribution >= 0.6 is 0 Å². The number of fused-ring (bicyclic) bond motifs is 5. The molecule has 0 saturated heterocycles. The normalized spacial score (nSPS) is 40.0. The lowest BCUT2D eigenvalue weighted by Gasteiger charge is -2.65. The number of allylic oxidation sites excluding steroid dienone is 1. The van der Waals surface area contributed by atoms with E-state index >= 15 is 0 Å². The molecule has 1 unspecified atom stereocenters. The van der Waals surface area contributed by atoms with Crippen molar-refractivity contribution >= 4 is 13.4 Å². The van der Waals surface area contributed by atoms with Gasteiger partial charge < -0.3 is 24.9 Å². The van der Waals surface area contributed by atoms with Gasteiger partial charge in [-0.2, -0.15) is 0 Å². The number of benzene rings is 1. The van der Waals surface area contributed by atoms with Crippen LogP contribution in [0.4, 0.5) is 4.79 Å². The van der Waals surface area contributed by atoms with Gasteiger partial charge in [0.1, 0.15) is 5.72 Å². The molecule has 0 spiro atoms. The van der Waals surface area contributed by atoms with Crippen molar-refractivity contribution in [3.63, 3.8) is 0 Å². The average molecular weight is 582 g/mol. The molecule has 1 amide bonds. The molecule has 0 aromatic heterocycles. The van der Waals surface area contributed by atoms with Gasteiger partial charge in [-0.3, -0.25) is 5.32 Å². The lowest BCUT2D eigenvalue weighted by molar-refractivity contribution is -0.200. The van der Waals surface area contributed by atoms with E-state index in [9.17, 15) is 25.1 Å². The summed E-state index contributed by atoms with van der Waals surface area (Å²) in [5, 5.41) is 45.3. The molecule has 42 heavy (non-hydrogen) atoms. The second kappa shape index (κ2) is 11.6. The standard InChI is InChI=1S/C34H52BNO6/c1-22(2)10-9-11-23(3)27-16-17-28-26-15-14-25-20-33(39,24-12-7-6-8-13-24)21-34(36-30(37)38,42-35(40)41)32(25,5)29(26)18-19-31(27,28)4/h6-8,12-14,22-23,26-29,36,39-41H,9-11,15-21H2,1-5H3,(H,37,38)/t23-,26+,27-,28+,29+,31-,32+,33-,34?/m1/s1. The molecule has 3 fully saturated rings. The zero-order valence-corrected chi connectivity index (χ0v) is 26.2. The SMILES string of the molecule is CC(C)CCC[C@@H](C)[C@H]1CC[C@H]2[C@@H]3CC=C4C[C@](O)(c5ccccc5)CC(NC(=O)O)(OB(O)O)[C@]4(C)[C@H]3CC[C@]12C. The molecular formula is C34H52BNO6. The van der Waals surface area contributed by atoms with Crippen LogP contribution < -0.4 is 5.32 Å². The van der Waals surface area contributed by atoms with Crippen molar-refractivity contribution in [2.45, 2.75) is 110 Å². The molecule has 0 bridgehead atoms. The molecule has 0 heterocycles. The Morgan fingerprint density at radius 3 is 2.43 bits per heavy atom. The van der Waals surface area contributed by atoms with Crippen LogP contribution in [0.3, 0.4) is 0 Å². The van der Waals surface area contributed by atoms with Crippen molar-refractivity contribution in [3.8, 4) is 0 Å². The average Bonchev–Trinajstić information content (AvgIpc) is 3.26. The van der Waals surface area contributed by atoms with E-state index in [-0.39, 0.29) is 17.8 Å². The molecule has 5 rings (SSSR count). The van der Waals surface area contributed by atoms with Crippen LogP contribution in [0.25, 0.3) is 0 Å². The number of carboxylic acid groups (broad SMARTS) is 1. The number of carbonyl (C=O) groups is 1. The van der Waals surface area contributed by atoms with Crippen molar-refractivity contribution in [1.29, 1.82) is 0 Å². The first-order valence-corrected chi connectivity index (χ1v) is 16.3. The molecule has 5 N–H and O–H groups in total. The minimum atomic E-state index is -2.20. The number of hydrogen-bond acceptors (Lipinski definition) is 5. The summed E-state index contributed by atoms with van der Waals surface area (Å²) in [5.41, 5.74) is -2.20. The van der Waals surface area contributed by atoms with Crippen molar-refractivity contribution in [2.75, 3.05) is 0 Å². The second-order valence-electron chi connectivity index (χ2n) is 15.0. The highest BCUT2D eigenvalue weighted by atomic mass is 16.6. The summed E-state index contributed by atoms with van der Waals surface area (Å²) in [6, 6.07) is 9.25. The van der Waals surface area contributed by atoms with Crippen LogP contribution in [0.2, 0.25) is 0 Å². The third kappa shape index (κ3) is 5.24. The van der Waals surface area contributed by atoms with Gasteiger partial charge in [-0.1, -0.05) is 95.9 Å². The van der Waals surface area contributed by atoms with E-state index in [1.165, 1.54) is 32.1 Å². The Morgan fingerprint density at radius 1 is 1.07 bits per heavy atom. The number of hydrogen-bond donors (Lipinski definition) is 5. The summed E-state index contributed by atoms with van der Waals surface area (Å²) in [7, 11) is -2.20. The van der Waals surface area contributed by atoms with Crippen molar-refractivity contribution in [3.05, 3.63) is 47.5 Å². The van der Waals surface area contributed by atoms with Crippen LogP contribution in [0.1, 0.15) is 104 Å². The second-order valence-corrected chi connectivity index (χ2v) is 15.0. The van der Waals surface area contributed by atoms with Gasteiger partial charge in [-0.25, -0.2) is 4.79 Å². The monoisotopic (exact) mass is 581 g/mol. The summed E-state index contributed by atoms with van der Waals surface area (Å²) in [6.07, 6.45) is 10.2. The van der Waals surface area contributed by atoms with E-state index in [1.807, 2.05) is 37.3 Å². The van der Waals surface area contributed by atoms with Gasteiger partial charge in [0.25, 0.3) is 0 Å². The predicted molar refractivity (Wildman–Crippen MR) is 164 cm³/mol. The molecule has 4 aliphatic carbocycles. The lowest BCUT2D eigenvalue weighted by atomic mass is 9.43. The zero-order valence-electron chi connectivity index (χ0n) is 26.2. The first-order valence-electron chi connectivity index (χ1n) is 16.3. The van der Waals surface area contributed by atoms with Gasteiger partial charge in [0.2, 0.25) is 0 Å². The minimum Gasteiger partial charge on any atom is -0.465 e. The van der Waals surface area contributed by atoms with Crippen LogP contribution in [-0.2, 0) is 10.3 Å². The molecule has 8 heteroatoms. The van der Waals surface area contributed by atoms with Crippen LogP contribution in [0.5, 0.6) is 0 Å². The number of amides is 1. The molecule has 232 valence electrons. The van der Waals surface area contributed by atoms with Gasteiger partial charge in [0, 0.05) is 18.3 Å². The first kappa shape index (κ1) is 31.6. The van der Waals surface area contributed by atoms with E-state index in [2.05, 4.69) is 39.1 Å². The maximum absolute atomic E-state index is 12.4. The number of aliphatic hydroxyl groups is 1. The van der Waals surface area contributed by atoms with Gasteiger partial charge in [0.05, 0.1) is 5.60 Å². The Hall–Kier alpha value is -1.87. The smallest absolute Gasteiger partial charge is 0.465 e. The Labute approximate surface area is 252 Å². The Balaban J connectivity index is 1.52. The molecule has 3 saturated carbocycles. The predicted octanol–water partition coefficient (Wildman–Crippen LogP) is 6.48. The highest BCUT2D eigenvalue weighted by Gasteiger charge is 2.69. The molecular weight excluding hydrogens is 529 g/mol. The largest absolute Gasteiger partial charge is 0.635 e. The Morgan fingerprint density at radius 2 is 1.79 bits per heavy atom. The summed E-state index contributed by atoms with van der Waals surface area (Å²) < 4.78 is 5.91. The van der Waals surface area contributed by atoms with Crippen LogP contribution in [-0.4, -0.2) is 39.4 Å². The topological polar surface area (TPSA) is 119 Å². The van der Waals surface area contributed by atoms with Crippen LogP contribution in [0.15, 0.2) is 42.0 Å². The highest BCUT2D eigenvalue weighted by molar-refractivity contribution is 6.32. The molecule has 1 aromatic carbocycles. The third-order valence-corrected chi connectivity index (χ3v) is 12.5.